The van der Waals surface area contributed by atoms with E-state index in [-0.39, 0.29) is 17.2 Å². The highest BCUT2D eigenvalue weighted by atomic mass is 31.2. The molecule has 0 unspecified atom stereocenters. The van der Waals surface area contributed by atoms with E-state index < -0.39 is 8.38 Å². The van der Waals surface area contributed by atoms with Crippen molar-refractivity contribution in [3.8, 4) is 0 Å². The Bertz CT molecular complexity index is 542. The first-order chi connectivity index (χ1) is 9.98. The van der Waals surface area contributed by atoms with Gasteiger partial charge in [0, 0.05) is 18.1 Å². The Morgan fingerprint density at radius 2 is 1.62 bits per heavy atom. The topological polar surface area (TPSA) is 55.8 Å². The van der Waals surface area contributed by atoms with Gasteiger partial charge in [0.05, 0.1) is 24.3 Å². The molecule has 21 heavy (non-hydrogen) atoms. The maximum absolute atomic E-state index is 12.2. The normalized spacial score (nSPS) is 21.7. The smallest absolute Gasteiger partial charge is 0.261 e. The minimum atomic E-state index is -1.01. The van der Waals surface area contributed by atoms with Gasteiger partial charge in [0.25, 0.3) is 11.8 Å². The second-order valence-corrected chi connectivity index (χ2v) is 7.70. The lowest BCUT2D eigenvalue weighted by molar-refractivity contribution is 0.0586. The molecule has 1 aromatic rings. The van der Waals surface area contributed by atoms with Crippen LogP contribution in [0.15, 0.2) is 24.3 Å². The number of carbonyl (C=O) groups excluding carboxylic acids is 2. The Morgan fingerprint density at radius 1 is 1.10 bits per heavy atom. The average molecular weight is 307 g/mol. The zero-order chi connectivity index (χ0) is 15.0. The number of nitrogens with zero attached hydrogens (tertiary/aromatic N) is 1. The van der Waals surface area contributed by atoms with Crippen LogP contribution >= 0.6 is 8.38 Å². The van der Waals surface area contributed by atoms with E-state index in [4.69, 9.17) is 9.05 Å². The van der Waals surface area contributed by atoms with E-state index in [0.717, 1.165) is 0 Å². The lowest BCUT2D eigenvalue weighted by Gasteiger charge is -2.34. The van der Waals surface area contributed by atoms with Crippen LogP contribution in [0.3, 0.4) is 0 Å². The van der Waals surface area contributed by atoms with Crippen LogP contribution < -0.4 is 0 Å². The molecule has 1 aromatic carbocycles. The molecular formula is C15H18NO4P. The minimum absolute atomic E-state index is 0.0361. The molecule has 2 aliphatic heterocycles. The molecule has 0 aliphatic carbocycles. The molecule has 0 saturated carbocycles. The van der Waals surface area contributed by atoms with Crippen LogP contribution in [0.25, 0.3) is 0 Å². The molecule has 0 spiro atoms. The number of hydrogen-bond donors (Lipinski definition) is 0. The molecule has 2 amide bonds. The largest absolute Gasteiger partial charge is 0.333 e. The van der Waals surface area contributed by atoms with Gasteiger partial charge in [-0.15, -0.1) is 0 Å². The first-order valence-electron chi connectivity index (χ1n) is 6.96. The summed E-state index contributed by atoms with van der Waals surface area (Å²) in [7, 11) is -1.01. The quantitative estimate of drug-likeness (QED) is 0.636. The van der Waals surface area contributed by atoms with Crippen LogP contribution in [-0.2, 0) is 9.05 Å². The van der Waals surface area contributed by atoms with Gasteiger partial charge in [-0.2, -0.15) is 0 Å². The Hall–Kier alpha value is -1.29. The third-order valence-electron chi connectivity index (χ3n) is 3.58. The van der Waals surface area contributed by atoms with Crippen molar-refractivity contribution in [1.82, 2.24) is 4.90 Å². The number of hydrogen-bond acceptors (Lipinski definition) is 4. The van der Waals surface area contributed by atoms with Crippen molar-refractivity contribution in [2.75, 3.05) is 25.9 Å². The Balaban J connectivity index is 1.60. The van der Waals surface area contributed by atoms with Gasteiger partial charge in [-0.05, 0) is 12.1 Å². The molecule has 6 heteroatoms. The van der Waals surface area contributed by atoms with Crippen LogP contribution in [0.5, 0.6) is 0 Å². The second-order valence-electron chi connectivity index (χ2n) is 6.07. The van der Waals surface area contributed by atoms with Crippen LogP contribution in [0.4, 0.5) is 0 Å². The second kappa shape index (κ2) is 5.48. The van der Waals surface area contributed by atoms with Crippen molar-refractivity contribution >= 4 is 20.2 Å². The molecule has 0 radical (unpaired) electrons. The minimum Gasteiger partial charge on any atom is -0.333 e. The van der Waals surface area contributed by atoms with Crippen LogP contribution in [0.1, 0.15) is 34.6 Å². The molecule has 2 heterocycles. The first-order valence-corrected chi connectivity index (χ1v) is 8.33. The van der Waals surface area contributed by atoms with Crippen molar-refractivity contribution in [3.05, 3.63) is 35.4 Å². The molecule has 0 atom stereocenters. The molecule has 5 nitrogen and oxygen atoms in total. The van der Waals surface area contributed by atoms with E-state index in [1.165, 1.54) is 4.90 Å². The van der Waals surface area contributed by atoms with E-state index in [0.29, 0.717) is 37.0 Å². The molecule has 112 valence electrons. The maximum atomic E-state index is 12.2. The third kappa shape index (κ3) is 2.86. The first kappa shape index (κ1) is 14.6. The van der Waals surface area contributed by atoms with Gasteiger partial charge in [-0.1, -0.05) is 26.0 Å². The highest BCUT2D eigenvalue weighted by Gasteiger charge is 2.36. The summed E-state index contributed by atoms with van der Waals surface area (Å²) in [5.41, 5.74) is 1.01. The lowest BCUT2D eigenvalue weighted by Crippen LogP contribution is -2.34. The van der Waals surface area contributed by atoms with Gasteiger partial charge < -0.3 is 9.05 Å². The Labute approximate surface area is 125 Å². The fourth-order valence-corrected chi connectivity index (χ4v) is 4.01. The number of amides is 2. The van der Waals surface area contributed by atoms with Crippen molar-refractivity contribution in [1.29, 1.82) is 0 Å². The highest BCUT2D eigenvalue weighted by molar-refractivity contribution is 7.47. The lowest BCUT2D eigenvalue weighted by atomic mass is 9.97. The third-order valence-corrected chi connectivity index (χ3v) is 4.98. The van der Waals surface area contributed by atoms with E-state index in [2.05, 4.69) is 13.8 Å². The van der Waals surface area contributed by atoms with Crippen LogP contribution in [-0.4, -0.2) is 42.6 Å². The summed E-state index contributed by atoms with van der Waals surface area (Å²) in [5, 5.41) is 0. The number of fused-ring (bicyclic) bond motifs is 1. The summed E-state index contributed by atoms with van der Waals surface area (Å²) in [6.45, 7) is 5.83. The number of benzene rings is 1. The fraction of sp³-hybridized carbons (Fsp3) is 0.467. The number of carbonyl (C=O) groups is 2. The van der Waals surface area contributed by atoms with Gasteiger partial charge in [0.1, 0.15) is 0 Å². The monoisotopic (exact) mass is 307 g/mol. The SMILES string of the molecule is CC1(C)COP(CCN2C(=O)c3ccccc3C2=O)OC1. The molecule has 3 rings (SSSR count). The Kier molecular flexibility index (Phi) is 3.82. The van der Waals surface area contributed by atoms with Crippen molar-refractivity contribution < 1.29 is 18.6 Å². The molecule has 0 aromatic heterocycles. The van der Waals surface area contributed by atoms with Gasteiger partial charge in [-0.25, -0.2) is 0 Å². The summed E-state index contributed by atoms with van der Waals surface area (Å²) in [6, 6.07) is 6.92. The van der Waals surface area contributed by atoms with Gasteiger partial charge >= 0.3 is 0 Å². The van der Waals surface area contributed by atoms with E-state index in [9.17, 15) is 9.59 Å². The average Bonchev–Trinajstić information content (AvgIpc) is 2.71. The zero-order valence-corrected chi connectivity index (χ0v) is 13.1. The van der Waals surface area contributed by atoms with Crippen molar-refractivity contribution in [2.24, 2.45) is 5.41 Å². The summed E-state index contributed by atoms with van der Waals surface area (Å²) in [6.07, 6.45) is 0.566. The fourth-order valence-electron chi connectivity index (χ4n) is 2.33. The summed E-state index contributed by atoms with van der Waals surface area (Å²) in [5.74, 6) is -0.439. The molecule has 0 N–H and O–H groups in total. The van der Waals surface area contributed by atoms with Gasteiger partial charge in [0.15, 0.2) is 8.38 Å². The predicted octanol–water partition coefficient (Wildman–Crippen LogP) is 2.67. The van der Waals surface area contributed by atoms with Crippen molar-refractivity contribution in [3.63, 3.8) is 0 Å². The summed E-state index contributed by atoms with van der Waals surface area (Å²) < 4.78 is 11.4. The molecule has 2 aliphatic rings. The standard InChI is InChI=1S/C15H18NO4P/c1-15(2)9-19-21(20-10-15)8-7-16-13(17)11-5-3-4-6-12(11)14(16)18/h3-6H,7-10H2,1-2H3. The maximum Gasteiger partial charge on any atom is 0.261 e. The molecular weight excluding hydrogens is 289 g/mol. The summed E-state index contributed by atoms with van der Waals surface area (Å²) >= 11 is 0. The highest BCUT2D eigenvalue weighted by Crippen LogP contribution is 2.45. The van der Waals surface area contributed by atoms with E-state index in [1.807, 2.05) is 0 Å². The molecule has 1 fully saturated rings. The zero-order valence-electron chi connectivity index (χ0n) is 12.2. The molecule has 0 bridgehead atoms. The van der Waals surface area contributed by atoms with E-state index >= 15 is 0 Å². The number of imide groups is 1. The van der Waals surface area contributed by atoms with Crippen LogP contribution in [0.2, 0.25) is 0 Å². The van der Waals surface area contributed by atoms with Crippen LogP contribution in [0, 0.1) is 5.41 Å². The van der Waals surface area contributed by atoms with Gasteiger partial charge in [-0.3, -0.25) is 14.5 Å². The Morgan fingerprint density at radius 3 is 2.14 bits per heavy atom. The predicted molar refractivity (Wildman–Crippen MR) is 79.3 cm³/mol. The number of rotatable bonds is 3. The summed E-state index contributed by atoms with van der Waals surface area (Å²) in [4.78, 5) is 25.7. The van der Waals surface area contributed by atoms with Gasteiger partial charge in [0.2, 0.25) is 0 Å². The molecule has 1 saturated heterocycles. The van der Waals surface area contributed by atoms with E-state index in [1.54, 1.807) is 24.3 Å². The van der Waals surface area contributed by atoms with Crippen molar-refractivity contribution in [2.45, 2.75) is 13.8 Å².